The Morgan fingerprint density at radius 1 is 1.13 bits per heavy atom. The van der Waals surface area contributed by atoms with E-state index in [0.717, 1.165) is 17.0 Å². The molecule has 118 valence electrons. The molecular weight excluding hydrogens is 313 g/mol. The molecular formula is C18H17ClFN3. The van der Waals surface area contributed by atoms with E-state index in [0.29, 0.717) is 11.6 Å². The molecule has 0 unspecified atom stereocenters. The standard InChI is InChI=1S/C18H17ClFN3/c1-23-11-10-21-18(23)17(14-4-8-16(20)9-5-14)22-12-13-2-6-15(19)7-3-13/h2-11,17,22H,12H2,1H3/t17-/m1/s1. The topological polar surface area (TPSA) is 29.9 Å². The molecule has 0 aliphatic carbocycles. The van der Waals surface area contributed by atoms with Gasteiger partial charge < -0.3 is 4.57 Å². The zero-order valence-electron chi connectivity index (χ0n) is 12.7. The average Bonchev–Trinajstić information content (AvgIpc) is 2.97. The highest BCUT2D eigenvalue weighted by Gasteiger charge is 2.17. The summed E-state index contributed by atoms with van der Waals surface area (Å²) in [4.78, 5) is 4.43. The molecule has 0 aliphatic rings. The van der Waals surface area contributed by atoms with Gasteiger partial charge in [-0.15, -0.1) is 0 Å². The van der Waals surface area contributed by atoms with Crippen LogP contribution in [0.2, 0.25) is 5.02 Å². The maximum absolute atomic E-state index is 13.2. The van der Waals surface area contributed by atoms with Crippen LogP contribution in [0.4, 0.5) is 4.39 Å². The van der Waals surface area contributed by atoms with E-state index >= 15 is 0 Å². The SMILES string of the molecule is Cn1ccnc1[C@H](NCc1ccc(Cl)cc1)c1ccc(F)cc1. The first kappa shape index (κ1) is 15.7. The van der Waals surface area contributed by atoms with E-state index in [9.17, 15) is 4.39 Å². The summed E-state index contributed by atoms with van der Waals surface area (Å²) >= 11 is 5.92. The van der Waals surface area contributed by atoms with E-state index in [2.05, 4.69) is 10.3 Å². The van der Waals surface area contributed by atoms with Crippen molar-refractivity contribution in [3.05, 3.63) is 88.7 Å². The number of nitrogens with zero attached hydrogens (tertiary/aromatic N) is 2. The molecule has 0 fully saturated rings. The molecule has 0 saturated heterocycles. The lowest BCUT2D eigenvalue weighted by Gasteiger charge is -2.19. The summed E-state index contributed by atoms with van der Waals surface area (Å²) in [7, 11) is 1.95. The van der Waals surface area contributed by atoms with Crippen LogP contribution in [0.25, 0.3) is 0 Å². The molecule has 0 aliphatic heterocycles. The normalized spacial score (nSPS) is 12.3. The molecule has 3 aromatic rings. The highest BCUT2D eigenvalue weighted by atomic mass is 35.5. The molecule has 1 aromatic heterocycles. The van der Waals surface area contributed by atoms with Crippen molar-refractivity contribution >= 4 is 11.6 Å². The zero-order chi connectivity index (χ0) is 16.2. The van der Waals surface area contributed by atoms with Gasteiger partial charge in [0.15, 0.2) is 0 Å². The molecule has 0 spiro atoms. The smallest absolute Gasteiger partial charge is 0.130 e. The minimum Gasteiger partial charge on any atom is -0.336 e. The molecule has 0 radical (unpaired) electrons. The zero-order valence-corrected chi connectivity index (χ0v) is 13.5. The van der Waals surface area contributed by atoms with Gasteiger partial charge in [-0.3, -0.25) is 5.32 Å². The molecule has 0 bridgehead atoms. The number of halogens is 2. The Bertz CT molecular complexity index is 766. The van der Waals surface area contributed by atoms with Gasteiger partial charge in [0.2, 0.25) is 0 Å². The minimum absolute atomic E-state index is 0.119. The number of aryl methyl sites for hydroxylation is 1. The third-order valence-corrected chi connectivity index (χ3v) is 4.00. The van der Waals surface area contributed by atoms with Crippen LogP contribution in [0.3, 0.4) is 0 Å². The number of aromatic nitrogens is 2. The summed E-state index contributed by atoms with van der Waals surface area (Å²) in [5.41, 5.74) is 2.09. The molecule has 1 heterocycles. The summed E-state index contributed by atoms with van der Waals surface area (Å²) in [5.74, 6) is 0.635. The van der Waals surface area contributed by atoms with Crippen molar-refractivity contribution in [2.24, 2.45) is 7.05 Å². The second-order valence-corrected chi connectivity index (χ2v) is 5.82. The van der Waals surface area contributed by atoms with E-state index in [4.69, 9.17) is 11.6 Å². The van der Waals surface area contributed by atoms with Crippen molar-refractivity contribution in [1.82, 2.24) is 14.9 Å². The summed E-state index contributed by atoms with van der Waals surface area (Å²) in [6.45, 7) is 0.659. The Morgan fingerprint density at radius 2 is 1.83 bits per heavy atom. The Balaban J connectivity index is 1.85. The summed E-state index contributed by atoms with van der Waals surface area (Å²) in [5, 5.41) is 4.20. The van der Waals surface area contributed by atoms with E-state index in [1.54, 1.807) is 18.3 Å². The Kier molecular flexibility index (Phi) is 4.74. The van der Waals surface area contributed by atoms with Crippen LogP contribution in [0, 0.1) is 5.82 Å². The van der Waals surface area contributed by atoms with E-state index in [1.807, 2.05) is 42.1 Å². The number of rotatable bonds is 5. The summed E-state index contributed by atoms with van der Waals surface area (Å²) < 4.78 is 15.2. The van der Waals surface area contributed by atoms with Crippen LogP contribution in [0.5, 0.6) is 0 Å². The lowest BCUT2D eigenvalue weighted by molar-refractivity contribution is 0.555. The number of nitrogens with one attached hydrogen (secondary N) is 1. The average molecular weight is 330 g/mol. The number of hydrogen-bond acceptors (Lipinski definition) is 2. The minimum atomic E-state index is -0.245. The van der Waals surface area contributed by atoms with Crippen LogP contribution in [-0.4, -0.2) is 9.55 Å². The van der Waals surface area contributed by atoms with Crippen molar-refractivity contribution < 1.29 is 4.39 Å². The molecule has 3 rings (SSSR count). The lowest BCUT2D eigenvalue weighted by Crippen LogP contribution is -2.24. The fraction of sp³-hybridized carbons (Fsp3) is 0.167. The lowest BCUT2D eigenvalue weighted by atomic mass is 10.1. The third kappa shape index (κ3) is 3.78. The van der Waals surface area contributed by atoms with Crippen molar-refractivity contribution in [3.8, 4) is 0 Å². The number of benzene rings is 2. The Morgan fingerprint density at radius 3 is 2.43 bits per heavy atom. The van der Waals surface area contributed by atoms with Crippen molar-refractivity contribution in [2.45, 2.75) is 12.6 Å². The first-order valence-corrected chi connectivity index (χ1v) is 7.72. The predicted molar refractivity (Wildman–Crippen MR) is 89.7 cm³/mol. The molecule has 0 saturated carbocycles. The van der Waals surface area contributed by atoms with Gasteiger partial charge in [-0.25, -0.2) is 9.37 Å². The van der Waals surface area contributed by atoms with E-state index in [-0.39, 0.29) is 11.9 Å². The van der Waals surface area contributed by atoms with Gasteiger partial charge >= 0.3 is 0 Å². The quantitative estimate of drug-likeness (QED) is 0.764. The fourth-order valence-corrected chi connectivity index (χ4v) is 2.62. The van der Waals surface area contributed by atoms with Crippen LogP contribution in [-0.2, 0) is 13.6 Å². The number of imidazole rings is 1. The molecule has 2 aromatic carbocycles. The molecule has 1 N–H and O–H groups in total. The van der Waals surface area contributed by atoms with Gasteiger partial charge in [0.05, 0.1) is 6.04 Å². The first-order valence-electron chi connectivity index (χ1n) is 7.34. The Hall–Kier alpha value is -2.17. The largest absolute Gasteiger partial charge is 0.336 e. The molecule has 3 nitrogen and oxygen atoms in total. The van der Waals surface area contributed by atoms with Gasteiger partial charge in [-0.2, -0.15) is 0 Å². The highest BCUT2D eigenvalue weighted by molar-refractivity contribution is 6.30. The third-order valence-electron chi connectivity index (χ3n) is 3.74. The van der Waals surface area contributed by atoms with Crippen LogP contribution in [0.1, 0.15) is 23.0 Å². The fourth-order valence-electron chi connectivity index (χ4n) is 2.49. The molecule has 0 amide bonds. The number of hydrogen-bond donors (Lipinski definition) is 1. The summed E-state index contributed by atoms with van der Waals surface area (Å²) in [6.07, 6.45) is 3.66. The van der Waals surface area contributed by atoms with Gasteiger partial charge in [-0.05, 0) is 35.4 Å². The van der Waals surface area contributed by atoms with E-state index < -0.39 is 0 Å². The molecule has 1 atom stereocenters. The first-order chi connectivity index (χ1) is 11.1. The van der Waals surface area contributed by atoms with Gasteiger partial charge in [0, 0.05) is 31.0 Å². The monoisotopic (exact) mass is 329 g/mol. The molecule has 5 heteroatoms. The summed E-state index contributed by atoms with van der Waals surface area (Å²) in [6, 6.07) is 14.1. The van der Waals surface area contributed by atoms with Gasteiger partial charge in [0.25, 0.3) is 0 Å². The van der Waals surface area contributed by atoms with Gasteiger partial charge in [-0.1, -0.05) is 35.9 Å². The van der Waals surface area contributed by atoms with Crippen LogP contribution in [0.15, 0.2) is 60.9 Å². The Labute approximate surface area is 139 Å². The van der Waals surface area contributed by atoms with Crippen LogP contribution >= 0.6 is 11.6 Å². The second-order valence-electron chi connectivity index (χ2n) is 5.39. The highest BCUT2D eigenvalue weighted by Crippen LogP contribution is 2.21. The van der Waals surface area contributed by atoms with Crippen molar-refractivity contribution in [1.29, 1.82) is 0 Å². The maximum Gasteiger partial charge on any atom is 0.130 e. The molecule has 23 heavy (non-hydrogen) atoms. The predicted octanol–water partition coefficient (Wildman–Crippen LogP) is 4.09. The van der Waals surface area contributed by atoms with E-state index in [1.165, 1.54) is 12.1 Å². The van der Waals surface area contributed by atoms with Gasteiger partial charge in [0.1, 0.15) is 11.6 Å². The van der Waals surface area contributed by atoms with Crippen molar-refractivity contribution in [3.63, 3.8) is 0 Å². The maximum atomic E-state index is 13.2. The second kappa shape index (κ2) is 6.94. The van der Waals surface area contributed by atoms with Crippen molar-refractivity contribution in [2.75, 3.05) is 0 Å². The van der Waals surface area contributed by atoms with Crippen LogP contribution < -0.4 is 5.32 Å².